The molecule has 0 radical (unpaired) electrons. The minimum Gasteiger partial charge on any atom is -0.381 e. The van der Waals surface area contributed by atoms with Crippen LogP contribution < -0.4 is 0 Å². The molecule has 2 aliphatic rings. The van der Waals surface area contributed by atoms with E-state index in [1.807, 2.05) is 26.3 Å². The van der Waals surface area contributed by atoms with Crippen molar-refractivity contribution >= 4 is 11.9 Å². The van der Waals surface area contributed by atoms with Crippen molar-refractivity contribution in [3.05, 3.63) is 35.9 Å². The Kier molecular flexibility index (Phi) is 4.79. The van der Waals surface area contributed by atoms with E-state index in [1.165, 1.54) is 6.33 Å². The molecule has 1 aliphatic carbocycles. The Morgan fingerprint density at radius 2 is 2.04 bits per heavy atom. The number of pyridine rings is 1. The van der Waals surface area contributed by atoms with Gasteiger partial charge in [0.15, 0.2) is 5.82 Å². The van der Waals surface area contributed by atoms with Crippen LogP contribution in [0.2, 0.25) is 0 Å². The van der Waals surface area contributed by atoms with Crippen LogP contribution in [0.3, 0.4) is 0 Å². The number of ether oxygens (including phenoxy) is 1. The summed E-state index contributed by atoms with van der Waals surface area (Å²) >= 11 is 0. The molecule has 0 aromatic carbocycles. The van der Waals surface area contributed by atoms with Crippen LogP contribution in [0.1, 0.15) is 36.9 Å². The zero-order valence-corrected chi connectivity index (χ0v) is 15.2. The molecule has 3 heterocycles. The standard InChI is InChI=1S/C19H24N6O/c1-13-16(7-8-17(23-13)19-21-12-22-24-19)18-11-25(10-9-20-18)14-3-5-15(26-2)6-4-14/h7-9,11-12,14-15H,3-6,10H2,1-2H3,(H,21,22,24). The molecule has 7 heteroatoms. The topological polar surface area (TPSA) is 79.3 Å². The Hall–Kier alpha value is -2.54. The Balaban J connectivity index is 1.53. The highest BCUT2D eigenvalue weighted by Crippen LogP contribution is 2.29. The van der Waals surface area contributed by atoms with Crippen LogP contribution in [0.4, 0.5) is 0 Å². The Bertz CT molecular complexity index is 805. The first-order valence-corrected chi connectivity index (χ1v) is 9.11. The van der Waals surface area contributed by atoms with E-state index in [0.29, 0.717) is 18.0 Å². The lowest BCUT2D eigenvalue weighted by Gasteiger charge is -2.36. The fraction of sp³-hybridized carbons (Fsp3) is 0.474. The molecule has 4 rings (SSSR count). The summed E-state index contributed by atoms with van der Waals surface area (Å²) in [6, 6.07) is 4.58. The van der Waals surface area contributed by atoms with Gasteiger partial charge in [-0.05, 0) is 44.7 Å². The number of aryl methyl sites for hydroxylation is 1. The number of aliphatic imine (C=N–C) groups is 1. The van der Waals surface area contributed by atoms with Gasteiger partial charge in [0.1, 0.15) is 12.0 Å². The largest absolute Gasteiger partial charge is 0.381 e. The predicted octanol–water partition coefficient (Wildman–Crippen LogP) is 2.82. The van der Waals surface area contributed by atoms with Gasteiger partial charge in [0.25, 0.3) is 0 Å². The molecular formula is C19H24N6O. The first-order chi connectivity index (χ1) is 12.7. The molecule has 7 nitrogen and oxygen atoms in total. The Morgan fingerprint density at radius 3 is 2.73 bits per heavy atom. The third kappa shape index (κ3) is 3.39. The predicted molar refractivity (Wildman–Crippen MR) is 101 cm³/mol. The molecule has 1 fully saturated rings. The molecule has 0 bridgehead atoms. The molecule has 1 aliphatic heterocycles. The fourth-order valence-corrected chi connectivity index (χ4v) is 3.78. The number of H-pyrrole nitrogens is 1. The molecule has 1 N–H and O–H groups in total. The summed E-state index contributed by atoms with van der Waals surface area (Å²) in [4.78, 5) is 15.9. The molecule has 0 amide bonds. The smallest absolute Gasteiger partial charge is 0.174 e. The number of hydrogen-bond acceptors (Lipinski definition) is 6. The van der Waals surface area contributed by atoms with Crippen molar-refractivity contribution in [1.29, 1.82) is 0 Å². The van der Waals surface area contributed by atoms with E-state index in [0.717, 1.165) is 54.9 Å². The third-order valence-corrected chi connectivity index (χ3v) is 5.28. The maximum Gasteiger partial charge on any atom is 0.174 e. The van der Waals surface area contributed by atoms with Gasteiger partial charge in [-0.3, -0.25) is 10.1 Å². The Labute approximate surface area is 153 Å². The number of nitrogens with zero attached hydrogens (tertiary/aromatic N) is 5. The highest BCUT2D eigenvalue weighted by atomic mass is 16.5. The van der Waals surface area contributed by atoms with Crippen molar-refractivity contribution in [3.8, 4) is 11.5 Å². The summed E-state index contributed by atoms with van der Waals surface area (Å²) < 4.78 is 5.49. The average Bonchev–Trinajstić information content (AvgIpc) is 3.23. The van der Waals surface area contributed by atoms with E-state index in [1.54, 1.807) is 0 Å². The van der Waals surface area contributed by atoms with Crippen LogP contribution in [-0.4, -0.2) is 57.1 Å². The lowest BCUT2D eigenvalue weighted by atomic mass is 9.91. The van der Waals surface area contributed by atoms with Gasteiger partial charge in [0, 0.05) is 36.8 Å². The second-order valence-electron chi connectivity index (χ2n) is 6.85. The van der Waals surface area contributed by atoms with Crippen LogP contribution >= 0.6 is 0 Å². The molecular weight excluding hydrogens is 328 g/mol. The van der Waals surface area contributed by atoms with Crippen molar-refractivity contribution in [2.24, 2.45) is 4.99 Å². The van der Waals surface area contributed by atoms with E-state index in [9.17, 15) is 0 Å². The second kappa shape index (κ2) is 7.37. The monoisotopic (exact) mass is 352 g/mol. The second-order valence-corrected chi connectivity index (χ2v) is 6.85. The molecule has 0 spiro atoms. The minimum absolute atomic E-state index is 0.420. The van der Waals surface area contributed by atoms with E-state index in [-0.39, 0.29) is 0 Å². The van der Waals surface area contributed by atoms with E-state index >= 15 is 0 Å². The van der Waals surface area contributed by atoms with Crippen LogP contribution in [0.15, 0.2) is 29.7 Å². The van der Waals surface area contributed by atoms with E-state index < -0.39 is 0 Å². The highest BCUT2D eigenvalue weighted by molar-refractivity contribution is 5.78. The lowest BCUT2D eigenvalue weighted by molar-refractivity contribution is 0.0501. The average molecular weight is 352 g/mol. The van der Waals surface area contributed by atoms with Gasteiger partial charge in [0.05, 0.1) is 18.3 Å². The first kappa shape index (κ1) is 16.9. The van der Waals surface area contributed by atoms with Crippen molar-refractivity contribution in [1.82, 2.24) is 25.1 Å². The summed E-state index contributed by atoms with van der Waals surface area (Å²) in [5.74, 6) is 0.678. The van der Waals surface area contributed by atoms with Crippen LogP contribution in [0.25, 0.3) is 17.2 Å². The van der Waals surface area contributed by atoms with Gasteiger partial charge in [-0.1, -0.05) is 0 Å². The van der Waals surface area contributed by atoms with E-state index in [4.69, 9.17) is 4.74 Å². The summed E-state index contributed by atoms with van der Waals surface area (Å²) in [5.41, 5.74) is 3.75. The van der Waals surface area contributed by atoms with Crippen molar-refractivity contribution in [2.75, 3.05) is 13.7 Å². The summed E-state index contributed by atoms with van der Waals surface area (Å²) in [5, 5.41) is 6.74. The molecule has 2 aromatic rings. The number of aromatic nitrogens is 4. The molecule has 2 aromatic heterocycles. The van der Waals surface area contributed by atoms with Gasteiger partial charge in [-0.25, -0.2) is 9.97 Å². The van der Waals surface area contributed by atoms with E-state index in [2.05, 4.69) is 42.3 Å². The first-order valence-electron chi connectivity index (χ1n) is 9.11. The third-order valence-electron chi connectivity index (χ3n) is 5.28. The number of hydrogen-bond donors (Lipinski definition) is 1. The zero-order chi connectivity index (χ0) is 17.9. The number of rotatable bonds is 4. The molecule has 26 heavy (non-hydrogen) atoms. The molecule has 0 unspecified atom stereocenters. The highest BCUT2D eigenvalue weighted by Gasteiger charge is 2.25. The summed E-state index contributed by atoms with van der Waals surface area (Å²) in [6.45, 7) is 2.88. The van der Waals surface area contributed by atoms with Gasteiger partial charge in [-0.15, -0.1) is 0 Å². The number of methoxy groups -OCH3 is 1. The molecule has 0 saturated heterocycles. The van der Waals surface area contributed by atoms with Gasteiger partial charge < -0.3 is 9.64 Å². The summed E-state index contributed by atoms with van der Waals surface area (Å²) in [7, 11) is 1.81. The Morgan fingerprint density at radius 1 is 1.19 bits per heavy atom. The van der Waals surface area contributed by atoms with Crippen molar-refractivity contribution in [3.63, 3.8) is 0 Å². The van der Waals surface area contributed by atoms with Gasteiger partial charge in [0.2, 0.25) is 0 Å². The van der Waals surface area contributed by atoms with Gasteiger partial charge >= 0.3 is 0 Å². The van der Waals surface area contributed by atoms with Crippen molar-refractivity contribution in [2.45, 2.75) is 44.8 Å². The van der Waals surface area contributed by atoms with Crippen molar-refractivity contribution < 1.29 is 4.74 Å². The van der Waals surface area contributed by atoms with Gasteiger partial charge in [-0.2, -0.15) is 5.10 Å². The maximum atomic E-state index is 5.49. The molecule has 136 valence electrons. The lowest BCUT2D eigenvalue weighted by Crippen LogP contribution is -2.38. The fourth-order valence-electron chi connectivity index (χ4n) is 3.78. The number of nitrogens with one attached hydrogen (secondary N) is 1. The normalized spacial score (nSPS) is 23.2. The maximum absolute atomic E-state index is 5.49. The van der Waals surface area contributed by atoms with Crippen LogP contribution in [0, 0.1) is 6.92 Å². The minimum atomic E-state index is 0.420. The summed E-state index contributed by atoms with van der Waals surface area (Å²) in [6.07, 6.45) is 10.7. The number of aromatic amines is 1. The van der Waals surface area contributed by atoms with Crippen LogP contribution in [-0.2, 0) is 4.74 Å². The quantitative estimate of drug-likeness (QED) is 0.915. The van der Waals surface area contributed by atoms with Crippen LogP contribution in [0.5, 0.6) is 0 Å². The molecule has 0 atom stereocenters. The molecule has 1 saturated carbocycles. The zero-order valence-electron chi connectivity index (χ0n) is 15.2. The SMILES string of the molecule is COC1CCC(N2C=C(c3ccc(-c4ncn[nH]4)nc3C)N=CC2)CC1.